The molecule has 96 valence electrons. The molecular weight excluding hydrogens is 234 g/mol. The minimum absolute atomic E-state index is 0.322. The number of ether oxygens (including phenoxy) is 2. The molecule has 6 heteroatoms. The lowest BCUT2D eigenvalue weighted by Crippen LogP contribution is -2.02. The van der Waals surface area contributed by atoms with Crippen LogP contribution in [0.15, 0.2) is 24.3 Å². The Morgan fingerprint density at radius 1 is 1.17 bits per heavy atom. The molecule has 2 rings (SSSR count). The Balaban J connectivity index is 0.000000771. The second-order valence-corrected chi connectivity index (χ2v) is 3.20. The summed E-state index contributed by atoms with van der Waals surface area (Å²) in [5.41, 5.74) is 1.17. The van der Waals surface area contributed by atoms with Crippen molar-refractivity contribution in [3.05, 3.63) is 29.8 Å². The van der Waals surface area contributed by atoms with Gasteiger partial charge in [-0.3, -0.25) is 16.5 Å². The average molecular weight is 249 g/mol. The molecule has 1 heterocycles. The van der Waals surface area contributed by atoms with Gasteiger partial charge in [0.15, 0.2) is 12.0 Å². The summed E-state index contributed by atoms with van der Waals surface area (Å²) >= 11 is 0. The molecule has 0 radical (unpaired) electrons. The minimum atomic E-state index is 0.322. The molecule has 6 nitrogen and oxygen atoms in total. The smallest absolute Gasteiger partial charge is 0.258 e. The third-order valence-corrected chi connectivity index (χ3v) is 2.37. The highest BCUT2D eigenvalue weighted by Crippen LogP contribution is 2.33. The van der Waals surface area contributed by atoms with Crippen LogP contribution in [0.3, 0.4) is 0 Å². The number of fused-ring (bicyclic) bond motifs is 1. The van der Waals surface area contributed by atoms with E-state index in [0.717, 1.165) is 11.7 Å². The van der Waals surface area contributed by atoms with Crippen LogP contribution in [0.2, 0.25) is 0 Å². The van der Waals surface area contributed by atoms with E-state index in [1.165, 1.54) is 14.2 Å². The van der Waals surface area contributed by atoms with Crippen molar-refractivity contribution in [2.45, 2.75) is 0 Å². The van der Waals surface area contributed by atoms with E-state index >= 15 is 0 Å². The van der Waals surface area contributed by atoms with Gasteiger partial charge in [-0.05, 0) is 6.07 Å². The molecule has 4 N–H and O–H groups in total. The summed E-state index contributed by atoms with van der Waals surface area (Å²) in [4.78, 5) is 15.4. The number of pyridine rings is 1. The van der Waals surface area contributed by atoms with Crippen molar-refractivity contribution in [3.8, 4) is 11.6 Å². The van der Waals surface area contributed by atoms with Crippen molar-refractivity contribution in [2.75, 3.05) is 14.2 Å². The number of carbonyl (C=O) groups is 1. The maximum Gasteiger partial charge on any atom is 0.258 e. The third-order valence-electron chi connectivity index (χ3n) is 2.37. The zero-order valence-electron chi connectivity index (χ0n) is 10.2. The molecule has 0 saturated heterocycles. The Morgan fingerprint density at radius 2 is 1.83 bits per heavy atom. The second-order valence-electron chi connectivity index (χ2n) is 3.20. The number of rotatable bonds is 3. The molecule has 2 aromatic rings. The van der Waals surface area contributed by atoms with Crippen molar-refractivity contribution in [2.24, 2.45) is 11.7 Å². The summed E-state index contributed by atoms with van der Waals surface area (Å²) in [7, 11) is 2.98. The monoisotopic (exact) mass is 249 g/mol. The second kappa shape index (κ2) is 6.53. The zero-order chi connectivity index (χ0) is 13.5. The summed E-state index contributed by atoms with van der Waals surface area (Å²) in [5.74, 6) is 8.69. The minimum Gasteiger partial charge on any atom is -0.491 e. The Morgan fingerprint density at radius 3 is 2.39 bits per heavy atom. The predicted octanol–water partition coefficient (Wildman–Crippen LogP) is 0.883. The Bertz CT molecular complexity index is 543. The highest BCUT2D eigenvalue weighted by Gasteiger charge is 2.15. The molecule has 0 aliphatic rings. The lowest BCUT2D eigenvalue weighted by molar-refractivity contribution is 0.112. The molecule has 0 fully saturated rings. The van der Waals surface area contributed by atoms with Gasteiger partial charge in [0.1, 0.15) is 0 Å². The van der Waals surface area contributed by atoms with Crippen LogP contribution < -0.4 is 21.2 Å². The molecule has 0 aliphatic heterocycles. The highest BCUT2D eigenvalue weighted by molar-refractivity contribution is 6.00. The van der Waals surface area contributed by atoms with Gasteiger partial charge >= 0.3 is 0 Å². The molecule has 0 spiro atoms. The zero-order valence-corrected chi connectivity index (χ0v) is 10.2. The van der Waals surface area contributed by atoms with Gasteiger partial charge in [0.25, 0.3) is 5.88 Å². The SMILES string of the molecule is COc1nc2ccccc2c(C=O)c1OC.NN. The van der Waals surface area contributed by atoms with Crippen LogP contribution in [0.1, 0.15) is 10.4 Å². The maximum atomic E-state index is 11.1. The number of benzene rings is 1. The van der Waals surface area contributed by atoms with Crippen LogP contribution in [0.4, 0.5) is 0 Å². The van der Waals surface area contributed by atoms with Crippen LogP contribution in [0, 0.1) is 0 Å². The van der Waals surface area contributed by atoms with Crippen molar-refractivity contribution in [3.63, 3.8) is 0 Å². The van der Waals surface area contributed by atoms with E-state index in [4.69, 9.17) is 9.47 Å². The number of aromatic nitrogens is 1. The van der Waals surface area contributed by atoms with Crippen LogP contribution >= 0.6 is 0 Å². The van der Waals surface area contributed by atoms with Gasteiger partial charge in [0, 0.05) is 5.39 Å². The number of hydrogen-bond acceptors (Lipinski definition) is 6. The molecule has 0 atom stereocenters. The molecule has 0 bridgehead atoms. The lowest BCUT2D eigenvalue weighted by atomic mass is 10.1. The fourth-order valence-corrected chi connectivity index (χ4v) is 1.65. The number of carbonyl (C=O) groups excluding carboxylic acids is 1. The summed E-state index contributed by atoms with van der Waals surface area (Å²) in [6.07, 6.45) is 0.755. The van der Waals surface area contributed by atoms with Gasteiger partial charge in [-0.25, -0.2) is 4.98 Å². The van der Waals surface area contributed by atoms with Crippen molar-refractivity contribution in [1.29, 1.82) is 0 Å². The van der Waals surface area contributed by atoms with E-state index < -0.39 is 0 Å². The predicted molar refractivity (Wildman–Crippen MR) is 68.6 cm³/mol. The van der Waals surface area contributed by atoms with E-state index in [1.807, 2.05) is 24.3 Å². The number of para-hydroxylation sites is 1. The van der Waals surface area contributed by atoms with E-state index in [2.05, 4.69) is 16.7 Å². The normalized spacial score (nSPS) is 9.33. The fourth-order valence-electron chi connectivity index (χ4n) is 1.65. The Kier molecular flexibility index (Phi) is 5.04. The standard InChI is InChI=1S/C12H11NO3.H4N2/c1-15-11-9(7-14)8-5-3-4-6-10(8)13-12(11)16-2;1-2/h3-7H,1-2H3;1-2H2. The van der Waals surface area contributed by atoms with Gasteiger partial charge in [0.2, 0.25) is 0 Å². The molecule has 1 aromatic heterocycles. The quantitative estimate of drug-likeness (QED) is 0.476. The molecule has 0 saturated carbocycles. The Labute approximate surface area is 104 Å². The first kappa shape index (κ1) is 13.9. The summed E-state index contributed by atoms with van der Waals surface area (Å²) in [6.45, 7) is 0. The Hall–Kier alpha value is -2.18. The first-order valence-electron chi connectivity index (χ1n) is 5.11. The number of nitrogens with zero attached hydrogens (tertiary/aromatic N) is 1. The number of hydrazine groups is 1. The molecule has 1 aromatic carbocycles. The first-order valence-corrected chi connectivity index (χ1v) is 5.11. The van der Waals surface area contributed by atoms with Gasteiger partial charge in [-0.1, -0.05) is 18.2 Å². The number of hydrogen-bond donors (Lipinski definition) is 2. The number of aldehydes is 1. The topological polar surface area (TPSA) is 100 Å². The van der Waals surface area contributed by atoms with E-state index in [9.17, 15) is 4.79 Å². The van der Waals surface area contributed by atoms with Crippen LogP contribution in [-0.4, -0.2) is 25.5 Å². The van der Waals surface area contributed by atoms with Crippen LogP contribution in [-0.2, 0) is 0 Å². The van der Waals surface area contributed by atoms with Crippen molar-refractivity contribution < 1.29 is 14.3 Å². The molecule has 0 amide bonds. The van der Waals surface area contributed by atoms with Gasteiger partial charge in [-0.15, -0.1) is 0 Å². The van der Waals surface area contributed by atoms with E-state index in [-0.39, 0.29) is 0 Å². The third kappa shape index (κ3) is 2.39. The lowest BCUT2D eigenvalue weighted by Gasteiger charge is -2.10. The molecule has 18 heavy (non-hydrogen) atoms. The molecular formula is C12H15N3O3. The van der Waals surface area contributed by atoms with Crippen LogP contribution in [0.25, 0.3) is 10.9 Å². The van der Waals surface area contributed by atoms with Crippen molar-refractivity contribution in [1.82, 2.24) is 4.98 Å². The van der Waals surface area contributed by atoms with Gasteiger partial charge in [-0.2, -0.15) is 0 Å². The summed E-state index contributed by atoms with van der Waals surface area (Å²) < 4.78 is 10.2. The average Bonchev–Trinajstić information content (AvgIpc) is 2.46. The number of nitrogens with two attached hydrogens (primary N) is 2. The molecule has 0 aliphatic carbocycles. The fraction of sp³-hybridized carbons (Fsp3) is 0.167. The van der Waals surface area contributed by atoms with Gasteiger partial charge in [0.05, 0.1) is 25.3 Å². The number of methoxy groups -OCH3 is 2. The largest absolute Gasteiger partial charge is 0.491 e. The summed E-state index contributed by atoms with van der Waals surface area (Å²) in [5, 5.41) is 0.759. The van der Waals surface area contributed by atoms with E-state index in [0.29, 0.717) is 22.7 Å². The maximum absolute atomic E-state index is 11.1. The van der Waals surface area contributed by atoms with Crippen molar-refractivity contribution >= 4 is 17.2 Å². The van der Waals surface area contributed by atoms with E-state index in [1.54, 1.807) is 0 Å². The summed E-state index contributed by atoms with van der Waals surface area (Å²) in [6, 6.07) is 7.36. The van der Waals surface area contributed by atoms with Gasteiger partial charge < -0.3 is 9.47 Å². The van der Waals surface area contributed by atoms with Crippen LogP contribution in [0.5, 0.6) is 11.6 Å². The molecule has 0 unspecified atom stereocenters. The first-order chi connectivity index (χ1) is 8.81. The highest BCUT2D eigenvalue weighted by atomic mass is 16.5.